The van der Waals surface area contributed by atoms with E-state index in [1.807, 2.05) is 21.1 Å². The SMILES string of the molecule is CC/C=C\C/C=C\C/C=C\C/C=C\C/C=C\CCCCCCCCCCCCCCCCCCCCCC(=O)OC(COC(=O)CCCCCCC/C=C\C/C=C\C/C=C\C/C=C\C/C=C\CC)COP(=O)(O)OCC[N+](C)(C)C. The summed E-state index contributed by atoms with van der Waals surface area (Å²) in [7, 11) is 1.46. The Balaban J connectivity index is 4.08. The fourth-order valence-electron chi connectivity index (χ4n) is 8.60. The standard InChI is InChI=1S/C70H120NO8P/c1-6-8-10-12-14-16-18-20-22-24-26-28-29-30-31-32-33-34-35-36-37-38-39-40-41-43-45-47-49-51-53-55-57-59-61-63-70(73)79-68(67-78-80(74,75)77-65-64-71(3,4)5)66-76-69(72)62-60-58-56-54-52-50-48-46-44-42-27-25-23-21-19-17-15-13-11-9-7-2/h8-11,14-17,20-23,26-28,30-31,42,46,48,68H,6-7,12-13,18-19,24-25,29,32-41,43-45,47,49-67H2,1-5H3/p+1/b10-8-,11-9-,16-14-,17-15-,22-20-,23-21-,28-26-,31-30-,42-27-,48-46-. The molecule has 80 heavy (non-hydrogen) atoms. The van der Waals surface area contributed by atoms with Crippen molar-refractivity contribution in [1.82, 2.24) is 0 Å². The summed E-state index contributed by atoms with van der Waals surface area (Å²) < 4.78 is 34.6. The highest BCUT2D eigenvalue weighted by atomic mass is 31.2. The molecule has 2 atom stereocenters. The normalized spacial score (nSPS) is 14.0. The highest BCUT2D eigenvalue weighted by Crippen LogP contribution is 2.43. The van der Waals surface area contributed by atoms with E-state index >= 15 is 0 Å². The van der Waals surface area contributed by atoms with Crippen LogP contribution in [0.4, 0.5) is 0 Å². The summed E-state index contributed by atoms with van der Waals surface area (Å²) in [5.74, 6) is -0.819. The van der Waals surface area contributed by atoms with Gasteiger partial charge in [0.05, 0.1) is 27.7 Å². The van der Waals surface area contributed by atoms with Gasteiger partial charge >= 0.3 is 19.8 Å². The summed E-state index contributed by atoms with van der Waals surface area (Å²) in [6.45, 7) is 4.19. The zero-order chi connectivity index (χ0) is 58.4. The van der Waals surface area contributed by atoms with E-state index in [0.717, 1.165) is 116 Å². The van der Waals surface area contributed by atoms with Crippen molar-refractivity contribution in [3.8, 4) is 0 Å². The number of quaternary nitrogens is 1. The number of hydrogen-bond donors (Lipinski definition) is 1. The first-order valence-corrected chi connectivity index (χ1v) is 33.8. The van der Waals surface area contributed by atoms with E-state index in [-0.39, 0.29) is 32.0 Å². The predicted molar refractivity (Wildman–Crippen MR) is 344 cm³/mol. The maximum absolute atomic E-state index is 12.9. The van der Waals surface area contributed by atoms with E-state index in [1.165, 1.54) is 103 Å². The van der Waals surface area contributed by atoms with Crippen LogP contribution < -0.4 is 0 Å². The molecule has 10 heteroatoms. The number of nitrogens with zero attached hydrogens (tertiary/aromatic N) is 1. The first kappa shape index (κ1) is 76.4. The molecule has 0 fully saturated rings. The molecule has 9 nitrogen and oxygen atoms in total. The average molecular weight is 1140 g/mol. The molecule has 0 saturated carbocycles. The van der Waals surface area contributed by atoms with Crippen molar-refractivity contribution in [2.75, 3.05) is 47.5 Å². The van der Waals surface area contributed by atoms with E-state index in [0.29, 0.717) is 23.9 Å². The third kappa shape index (κ3) is 63.6. The van der Waals surface area contributed by atoms with Gasteiger partial charge in [0.25, 0.3) is 0 Å². The summed E-state index contributed by atoms with van der Waals surface area (Å²) in [5.41, 5.74) is 0. The fourth-order valence-corrected chi connectivity index (χ4v) is 9.34. The molecule has 0 amide bonds. The van der Waals surface area contributed by atoms with Gasteiger partial charge in [0.15, 0.2) is 6.10 Å². The zero-order valence-electron chi connectivity index (χ0n) is 52.0. The highest BCUT2D eigenvalue weighted by molar-refractivity contribution is 7.47. The molecule has 0 aromatic rings. The smallest absolute Gasteiger partial charge is 0.462 e. The van der Waals surface area contributed by atoms with Gasteiger partial charge in [-0.15, -0.1) is 0 Å². The molecule has 0 rings (SSSR count). The Kier molecular flexibility index (Phi) is 57.3. The van der Waals surface area contributed by atoms with Crippen LogP contribution in [0.1, 0.15) is 258 Å². The van der Waals surface area contributed by atoms with Crippen molar-refractivity contribution < 1.29 is 42.1 Å². The first-order valence-electron chi connectivity index (χ1n) is 32.3. The van der Waals surface area contributed by atoms with Gasteiger partial charge in [-0.25, -0.2) is 4.57 Å². The third-order valence-electron chi connectivity index (χ3n) is 13.5. The molecule has 458 valence electrons. The molecule has 0 saturated heterocycles. The lowest BCUT2D eigenvalue weighted by Crippen LogP contribution is -2.37. The van der Waals surface area contributed by atoms with Crippen molar-refractivity contribution in [3.05, 3.63) is 122 Å². The number of unbranched alkanes of at least 4 members (excludes halogenated alkanes) is 24. The molecular weight excluding hydrogens is 1010 g/mol. The van der Waals surface area contributed by atoms with Crippen LogP contribution in [0.5, 0.6) is 0 Å². The quantitative estimate of drug-likeness (QED) is 0.0211. The van der Waals surface area contributed by atoms with Gasteiger partial charge in [0.1, 0.15) is 19.8 Å². The summed E-state index contributed by atoms with van der Waals surface area (Å²) in [5, 5.41) is 0. The van der Waals surface area contributed by atoms with Gasteiger partial charge < -0.3 is 18.9 Å². The number of ether oxygens (including phenoxy) is 2. The monoisotopic (exact) mass is 1130 g/mol. The molecule has 0 heterocycles. The summed E-state index contributed by atoms with van der Waals surface area (Å²) in [4.78, 5) is 35.8. The molecule has 0 aliphatic rings. The lowest BCUT2D eigenvalue weighted by atomic mass is 10.0. The number of carbonyl (C=O) groups is 2. The Hall–Kier alpha value is -3.59. The zero-order valence-corrected chi connectivity index (χ0v) is 52.9. The topological polar surface area (TPSA) is 108 Å². The molecule has 0 spiro atoms. The predicted octanol–water partition coefficient (Wildman–Crippen LogP) is 20.7. The lowest BCUT2D eigenvalue weighted by Gasteiger charge is -2.24. The number of carbonyl (C=O) groups excluding carboxylic acids is 2. The van der Waals surface area contributed by atoms with Gasteiger partial charge in [-0.05, 0) is 103 Å². The lowest BCUT2D eigenvalue weighted by molar-refractivity contribution is -0.870. The average Bonchev–Trinajstić information content (AvgIpc) is 3.42. The minimum absolute atomic E-state index is 0.0237. The van der Waals surface area contributed by atoms with Crippen molar-refractivity contribution in [2.45, 2.75) is 264 Å². The van der Waals surface area contributed by atoms with Crippen LogP contribution in [0.3, 0.4) is 0 Å². The number of phosphoric acid groups is 1. The van der Waals surface area contributed by atoms with E-state index in [1.54, 1.807) is 0 Å². The van der Waals surface area contributed by atoms with Crippen LogP contribution in [0, 0.1) is 0 Å². The largest absolute Gasteiger partial charge is 0.472 e. The Bertz CT molecular complexity index is 1760. The van der Waals surface area contributed by atoms with E-state index in [2.05, 4.69) is 135 Å². The van der Waals surface area contributed by atoms with Crippen LogP contribution in [-0.4, -0.2) is 74.9 Å². The van der Waals surface area contributed by atoms with Crippen LogP contribution in [0.15, 0.2) is 122 Å². The molecular formula is C70H121NO8P+. The molecule has 0 aromatic carbocycles. The molecule has 2 unspecified atom stereocenters. The third-order valence-corrected chi connectivity index (χ3v) is 14.5. The summed E-state index contributed by atoms with van der Waals surface area (Å²) in [6.07, 6.45) is 85.7. The minimum atomic E-state index is -4.40. The first-order chi connectivity index (χ1) is 39.0. The number of likely N-dealkylation sites (N-methyl/N-ethyl adjacent to an activating group) is 1. The second kappa shape index (κ2) is 60.0. The Morgan fingerprint density at radius 2 is 0.675 bits per heavy atom. The van der Waals surface area contributed by atoms with Crippen LogP contribution in [-0.2, 0) is 32.7 Å². The Morgan fingerprint density at radius 1 is 0.388 bits per heavy atom. The summed E-state index contributed by atoms with van der Waals surface area (Å²) >= 11 is 0. The van der Waals surface area contributed by atoms with Crippen molar-refractivity contribution in [3.63, 3.8) is 0 Å². The number of phosphoric ester groups is 1. The van der Waals surface area contributed by atoms with Gasteiger partial charge in [-0.2, -0.15) is 0 Å². The Labute approximate surface area is 492 Å². The molecule has 1 N–H and O–H groups in total. The second-order valence-electron chi connectivity index (χ2n) is 22.4. The molecule has 0 radical (unpaired) electrons. The fraction of sp³-hybridized carbons (Fsp3) is 0.686. The van der Waals surface area contributed by atoms with Gasteiger partial charge in [-0.1, -0.05) is 264 Å². The number of rotatable bonds is 58. The molecule has 0 bridgehead atoms. The maximum Gasteiger partial charge on any atom is 0.472 e. The van der Waals surface area contributed by atoms with Crippen molar-refractivity contribution in [2.24, 2.45) is 0 Å². The number of esters is 2. The van der Waals surface area contributed by atoms with Crippen LogP contribution in [0.25, 0.3) is 0 Å². The summed E-state index contributed by atoms with van der Waals surface area (Å²) in [6, 6.07) is 0. The van der Waals surface area contributed by atoms with Gasteiger partial charge in [0, 0.05) is 12.8 Å². The minimum Gasteiger partial charge on any atom is -0.462 e. The van der Waals surface area contributed by atoms with Crippen molar-refractivity contribution in [1.29, 1.82) is 0 Å². The second-order valence-corrected chi connectivity index (χ2v) is 23.8. The number of allylic oxidation sites excluding steroid dienone is 20. The molecule has 0 aliphatic heterocycles. The van der Waals surface area contributed by atoms with E-state index < -0.39 is 26.5 Å². The van der Waals surface area contributed by atoms with Crippen molar-refractivity contribution >= 4 is 19.8 Å². The van der Waals surface area contributed by atoms with E-state index in [4.69, 9.17) is 18.5 Å². The molecule has 0 aromatic heterocycles. The maximum atomic E-state index is 12.9. The van der Waals surface area contributed by atoms with Crippen LogP contribution in [0.2, 0.25) is 0 Å². The highest BCUT2D eigenvalue weighted by Gasteiger charge is 2.27. The van der Waals surface area contributed by atoms with Crippen LogP contribution >= 0.6 is 7.82 Å². The molecule has 0 aliphatic carbocycles. The number of hydrogen-bond acceptors (Lipinski definition) is 7. The van der Waals surface area contributed by atoms with Gasteiger partial charge in [-0.3, -0.25) is 18.6 Å². The van der Waals surface area contributed by atoms with Gasteiger partial charge in [0.2, 0.25) is 0 Å². The Morgan fingerprint density at radius 3 is 1.00 bits per heavy atom. The van der Waals surface area contributed by atoms with E-state index in [9.17, 15) is 19.0 Å².